The number of amides is 3. The topological polar surface area (TPSA) is 244 Å². The van der Waals surface area contributed by atoms with Gasteiger partial charge in [-0.15, -0.1) is 0 Å². The first-order valence-corrected chi connectivity index (χ1v) is 10.6. The fourth-order valence-corrected chi connectivity index (χ4v) is 3.37. The highest BCUT2D eigenvalue weighted by atomic mass is 16.4. The van der Waals surface area contributed by atoms with Crippen molar-refractivity contribution in [2.24, 2.45) is 22.2 Å². The maximum absolute atomic E-state index is 12.8. The predicted octanol–water partition coefficient (Wildman–Crippen LogP) is -2.70. The van der Waals surface area contributed by atoms with Crippen molar-refractivity contribution in [3.8, 4) is 0 Å². The smallest absolute Gasteiger partial charge is 0.326 e. The lowest BCUT2D eigenvalue weighted by Gasteiger charge is -2.27. The summed E-state index contributed by atoms with van der Waals surface area (Å²) >= 11 is 0. The molecule has 0 bridgehead atoms. The second kappa shape index (κ2) is 13.2. The van der Waals surface area contributed by atoms with Gasteiger partial charge in [-0.1, -0.05) is 0 Å². The molecule has 4 atom stereocenters. The number of carbonyl (C=O) groups excluding carboxylic acids is 3. The molecule has 0 spiro atoms. The minimum Gasteiger partial charge on any atom is -0.481 e. The van der Waals surface area contributed by atoms with Gasteiger partial charge in [0.25, 0.3) is 0 Å². The SMILES string of the molecule is CC(NC(=O)C(CCCN=C(N)N)NC(=O)C(N)CCC(=O)O)C(=O)N1CCCC1C(=O)O. The molecular weight excluding hydrogens is 438 g/mol. The molecule has 186 valence electrons. The Labute approximate surface area is 190 Å². The number of carbonyl (C=O) groups is 5. The van der Waals surface area contributed by atoms with E-state index in [2.05, 4.69) is 15.6 Å². The molecule has 1 aliphatic heterocycles. The zero-order chi connectivity index (χ0) is 25.1. The van der Waals surface area contributed by atoms with Crippen LogP contribution in [0.2, 0.25) is 0 Å². The lowest BCUT2D eigenvalue weighted by Crippen LogP contribution is -2.56. The van der Waals surface area contributed by atoms with Crippen LogP contribution < -0.4 is 27.8 Å². The van der Waals surface area contributed by atoms with E-state index in [-0.39, 0.29) is 38.3 Å². The minimum atomic E-state index is -1.14. The molecule has 33 heavy (non-hydrogen) atoms. The van der Waals surface area contributed by atoms with Gasteiger partial charge < -0.3 is 42.9 Å². The summed E-state index contributed by atoms with van der Waals surface area (Å²) in [6.07, 6.45) is 0.866. The molecule has 14 nitrogen and oxygen atoms in total. The molecule has 0 aromatic heterocycles. The summed E-state index contributed by atoms with van der Waals surface area (Å²) in [4.78, 5) is 64.9. The molecule has 1 rings (SSSR count). The van der Waals surface area contributed by atoms with Gasteiger partial charge in [0.05, 0.1) is 6.04 Å². The molecule has 0 aromatic rings. The van der Waals surface area contributed by atoms with Crippen LogP contribution in [0.25, 0.3) is 0 Å². The first kappa shape index (κ1) is 27.6. The van der Waals surface area contributed by atoms with Crippen LogP contribution in [0.3, 0.4) is 0 Å². The lowest BCUT2D eigenvalue weighted by atomic mass is 10.1. The van der Waals surface area contributed by atoms with Gasteiger partial charge in [-0.25, -0.2) is 4.79 Å². The number of nitrogens with one attached hydrogen (secondary N) is 2. The standard InChI is InChI=1S/C19H33N7O7/c1-10(17(31)26-9-3-5-13(26)18(32)33)24-16(30)12(4-2-8-23-19(21)22)25-15(29)11(20)6-7-14(27)28/h10-13H,2-9,20H2,1H3,(H,24,30)(H,25,29)(H,27,28)(H,32,33)(H4,21,22,23). The van der Waals surface area contributed by atoms with E-state index in [0.717, 1.165) is 0 Å². The number of likely N-dealkylation sites (tertiary alicyclic amines) is 1. The number of hydrogen-bond acceptors (Lipinski definition) is 7. The molecule has 1 heterocycles. The number of nitrogens with two attached hydrogens (primary N) is 3. The summed E-state index contributed by atoms with van der Waals surface area (Å²) in [6, 6.07) is -4.21. The van der Waals surface area contributed by atoms with Gasteiger partial charge in [0.1, 0.15) is 18.1 Å². The molecule has 0 aliphatic carbocycles. The summed E-state index contributed by atoms with van der Waals surface area (Å²) in [5.74, 6) is -4.29. The van der Waals surface area contributed by atoms with Gasteiger partial charge in [0, 0.05) is 19.5 Å². The van der Waals surface area contributed by atoms with Crippen molar-refractivity contribution in [2.45, 2.75) is 69.6 Å². The molecule has 10 N–H and O–H groups in total. The number of aliphatic carboxylic acids is 2. The summed E-state index contributed by atoms with van der Waals surface area (Å²) in [5.41, 5.74) is 16.2. The summed E-state index contributed by atoms with van der Waals surface area (Å²) < 4.78 is 0. The quantitative estimate of drug-likeness (QED) is 0.0831. The third-order valence-electron chi connectivity index (χ3n) is 5.13. The number of carboxylic acid groups (broad SMARTS) is 2. The van der Waals surface area contributed by atoms with Crippen molar-refractivity contribution >= 4 is 35.6 Å². The lowest BCUT2D eigenvalue weighted by molar-refractivity contribution is -0.149. The van der Waals surface area contributed by atoms with Gasteiger partial charge in [-0.05, 0) is 39.0 Å². The Morgan fingerprint density at radius 1 is 1.09 bits per heavy atom. The summed E-state index contributed by atoms with van der Waals surface area (Å²) in [6.45, 7) is 1.89. The Morgan fingerprint density at radius 2 is 1.76 bits per heavy atom. The minimum absolute atomic E-state index is 0.113. The summed E-state index contributed by atoms with van der Waals surface area (Å²) in [5, 5.41) is 23.0. The monoisotopic (exact) mass is 471 g/mol. The van der Waals surface area contributed by atoms with Gasteiger partial charge >= 0.3 is 11.9 Å². The number of hydrogen-bond donors (Lipinski definition) is 7. The maximum atomic E-state index is 12.8. The predicted molar refractivity (Wildman–Crippen MR) is 117 cm³/mol. The van der Waals surface area contributed by atoms with Crippen molar-refractivity contribution in [1.29, 1.82) is 0 Å². The van der Waals surface area contributed by atoms with Gasteiger partial charge in [0.15, 0.2) is 5.96 Å². The van der Waals surface area contributed by atoms with Crippen LogP contribution >= 0.6 is 0 Å². The Hall–Kier alpha value is -3.42. The average Bonchev–Trinajstić information content (AvgIpc) is 3.23. The van der Waals surface area contributed by atoms with E-state index >= 15 is 0 Å². The molecule has 1 aliphatic rings. The first-order valence-electron chi connectivity index (χ1n) is 10.6. The zero-order valence-corrected chi connectivity index (χ0v) is 18.5. The number of rotatable bonds is 13. The molecule has 4 unspecified atom stereocenters. The van der Waals surface area contributed by atoms with Crippen molar-refractivity contribution in [1.82, 2.24) is 15.5 Å². The molecule has 0 radical (unpaired) electrons. The number of carboxylic acids is 2. The Kier molecular flexibility index (Phi) is 11.0. The highest BCUT2D eigenvalue weighted by Gasteiger charge is 2.36. The Balaban J connectivity index is 2.81. The Morgan fingerprint density at radius 3 is 2.33 bits per heavy atom. The largest absolute Gasteiger partial charge is 0.481 e. The van der Waals surface area contributed by atoms with Crippen LogP contribution in [0.4, 0.5) is 0 Å². The van der Waals surface area contributed by atoms with E-state index in [4.69, 9.17) is 22.3 Å². The van der Waals surface area contributed by atoms with Crippen LogP contribution in [0.5, 0.6) is 0 Å². The average molecular weight is 472 g/mol. The third kappa shape index (κ3) is 9.31. The number of guanidine groups is 1. The second-order valence-electron chi connectivity index (χ2n) is 7.81. The number of aliphatic imine (C=N–C) groups is 1. The van der Waals surface area contributed by atoms with E-state index in [1.54, 1.807) is 0 Å². The van der Waals surface area contributed by atoms with Crippen LogP contribution in [-0.4, -0.2) is 88.0 Å². The Bertz CT molecular complexity index is 770. The highest BCUT2D eigenvalue weighted by Crippen LogP contribution is 2.18. The highest BCUT2D eigenvalue weighted by molar-refractivity contribution is 5.94. The van der Waals surface area contributed by atoms with Crippen molar-refractivity contribution in [2.75, 3.05) is 13.1 Å². The second-order valence-corrected chi connectivity index (χ2v) is 7.81. The third-order valence-corrected chi connectivity index (χ3v) is 5.13. The molecule has 14 heteroatoms. The molecule has 0 saturated carbocycles. The first-order chi connectivity index (χ1) is 15.4. The van der Waals surface area contributed by atoms with Gasteiger partial charge in [0.2, 0.25) is 17.7 Å². The van der Waals surface area contributed by atoms with E-state index in [9.17, 15) is 29.1 Å². The van der Waals surface area contributed by atoms with Gasteiger partial charge in [-0.3, -0.25) is 24.2 Å². The van der Waals surface area contributed by atoms with E-state index in [1.165, 1.54) is 11.8 Å². The number of nitrogens with zero attached hydrogens (tertiary/aromatic N) is 2. The molecule has 0 aromatic carbocycles. The fourth-order valence-electron chi connectivity index (χ4n) is 3.37. The van der Waals surface area contributed by atoms with Crippen LogP contribution in [0.1, 0.15) is 45.4 Å². The molecule has 3 amide bonds. The normalized spacial score (nSPS) is 18.0. The fraction of sp³-hybridized carbons (Fsp3) is 0.684. The molecular formula is C19H33N7O7. The van der Waals surface area contributed by atoms with Crippen LogP contribution in [0, 0.1) is 0 Å². The molecule has 1 fully saturated rings. The van der Waals surface area contributed by atoms with E-state index in [1.807, 2.05) is 0 Å². The van der Waals surface area contributed by atoms with Crippen LogP contribution in [-0.2, 0) is 24.0 Å². The summed E-state index contributed by atoms with van der Waals surface area (Å²) in [7, 11) is 0. The van der Waals surface area contributed by atoms with Gasteiger partial charge in [-0.2, -0.15) is 0 Å². The van der Waals surface area contributed by atoms with Crippen molar-refractivity contribution < 1.29 is 34.2 Å². The van der Waals surface area contributed by atoms with Crippen LogP contribution in [0.15, 0.2) is 4.99 Å². The maximum Gasteiger partial charge on any atom is 0.326 e. The molecule has 1 saturated heterocycles. The van der Waals surface area contributed by atoms with Crippen molar-refractivity contribution in [3.05, 3.63) is 0 Å². The van der Waals surface area contributed by atoms with E-state index in [0.29, 0.717) is 19.3 Å². The van der Waals surface area contributed by atoms with E-state index < -0.39 is 53.8 Å². The van der Waals surface area contributed by atoms with Crippen molar-refractivity contribution in [3.63, 3.8) is 0 Å². The zero-order valence-electron chi connectivity index (χ0n) is 18.5.